The fraction of sp³-hybridized carbons (Fsp3) is 0.375. The number of para-hydroxylation sites is 1. The third-order valence-electron chi connectivity index (χ3n) is 6.11. The summed E-state index contributed by atoms with van der Waals surface area (Å²) in [5.74, 6) is -3.50. The number of aromatic nitrogens is 3. The minimum atomic E-state index is -5.08. The Labute approximate surface area is 218 Å². The number of hydrogen-bond donors (Lipinski definition) is 2. The summed E-state index contributed by atoms with van der Waals surface area (Å²) in [7, 11) is 0. The molecule has 2 aliphatic rings. The average Bonchev–Trinajstić information content (AvgIpc) is 3.42. The zero-order chi connectivity index (χ0) is 28.2. The van der Waals surface area contributed by atoms with Gasteiger partial charge in [0.15, 0.2) is 0 Å². The van der Waals surface area contributed by atoms with Gasteiger partial charge in [0.25, 0.3) is 5.89 Å². The molecule has 2 aliphatic heterocycles. The first-order valence-corrected chi connectivity index (χ1v) is 11.8. The molecule has 5 rings (SSSR count). The van der Waals surface area contributed by atoms with E-state index in [4.69, 9.17) is 14.3 Å². The number of carbonyl (C=O) groups is 2. The van der Waals surface area contributed by atoms with E-state index in [0.717, 1.165) is 37.2 Å². The Balaban J connectivity index is 0.000000448. The first-order chi connectivity index (χ1) is 18.5. The van der Waals surface area contributed by atoms with E-state index in [0.29, 0.717) is 24.3 Å². The monoisotopic (exact) mass is 554 g/mol. The summed E-state index contributed by atoms with van der Waals surface area (Å²) < 4.78 is 62.1. The highest BCUT2D eigenvalue weighted by Gasteiger charge is 2.38. The summed E-state index contributed by atoms with van der Waals surface area (Å²) in [4.78, 5) is 30.5. The molecular formula is C24H23F5N6O4. The summed E-state index contributed by atoms with van der Waals surface area (Å²) >= 11 is 0. The Morgan fingerprint density at radius 3 is 2.41 bits per heavy atom. The van der Waals surface area contributed by atoms with Gasteiger partial charge in [-0.2, -0.15) is 22.0 Å². The largest absolute Gasteiger partial charge is 0.490 e. The molecule has 2 amide bonds. The van der Waals surface area contributed by atoms with Crippen molar-refractivity contribution in [1.29, 1.82) is 0 Å². The number of aliphatic carboxylic acids is 1. The number of anilines is 1. The molecule has 39 heavy (non-hydrogen) atoms. The molecule has 10 nitrogen and oxygen atoms in total. The van der Waals surface area contributed by atoms with Crippen LogP contribution in [0.1, 0.15) is 36.4 Å². The van der Waals surface area contributed by atoms with Crippen molar-refractivity contribution in [3.05, 3.63) is 59.7 Å². The Morgan fingerprint density at radius 1 is 1.13 bits per heavy atom. The third-order valence-corrected chi connectivity index (χ3v) is 6.11. The second-order valence-electron chi connectivity index (χ2n) is 8.69. The number of carboxylic acids is 1. The molecule has 2 aromatic heterocycles. The van der Waals surface area contributed by atoms with Crippen molar-refractivity contribution in [2.75, 3.05) is 18.0 Å². The summed E-state index contributed by atoms with van der Waals surface area (Å²) in [6.07, 6.45) is -4.56. The van der Waals surface area contributed by atoms with Crippen LogP contribution in [-0.4, -0.2) is 62.5 Å². The van der Waals surface area contributed by atoms with Gasteiger partial charge < -0.3 is 19.7 Å². The van der Waals surface area contributed by atoms with Crippen molar-refractivity contribution in [3.8, 4) is 11.5 Å². The fourth-order valence-corrected chi connectivity index (χ4v) is 4.22. The van der Waals surface area contributed by atoms with Crippen molar-refractivity contribution in [3.63, 3.8) is 0 Å². The van der Waals surface area contributed by atoms with Gasteiger partial charge >= 0.3 is 24.6 Å². The number of carboxylic acid groups (broad SMARTS) is 1. The zero-order valence-corrected chi connectivity index (χ0v) is 20.2. The van der Waals surface area contributed by atoms with E-state index in [1.165, 1.54) is 6.20 Å². The van der Waals surface area contributed by atoms with Gasteiger partial charge in [0.1, 0.15) is 0 Å². The number of nitrogens with zero attached hydrogens (tertiary/aromatic N) is 5. The van der Waals surface area contributed by atoms with Crippen LogP contribution >= 0.6 is 0 Å². The van der Waals surface area contributed by atoms with Crippen molar-refractivity contribution in [2.45, 2.75) is 44.6 Å². The summed E-state index contributed by atoms with van der Waals surface area (Å²) in [5, 5.41) is 17.5. The molecule has 1 aromatic carbocycles. The molecule has 0 unspecified atom stereocenters. The van der Waals surface area contributed by atoms with Crippen molar-refractivity contribution >= 4 is 17.7 Å². The van der Waals surface area contributed by atoms with Crippen LogP contribution in [0.3, 0.4) is 0 Å². The fourth-order valence-electron chi connectivity index (χ4n) is 4.22. The molecule has 0 bridgehead atoms. The first kappa shape index (κ1) is 27.9. The highest BCUT2D eigenvalue weighted by atomic mass is 19.4. The maximum atomic E-state index is 13.4. The predicted molar refractivity (Wildman–Crippen MR) is 126 cm³/mol. The van der Waals surface area contributed by atoms with Crippen molar-refractivity contribution in [1.82, 2.24) is 25.4 Å². The van der Waals surface area contributed by atoms with Gasteiger partial charge in [0, 0.05) is 18.8 Å². The smallest absolute Gasteiger partial charge is 0.475 e. The number of amides is 2. The number of piperidine rings is 1. The molecule has 15 heteroatoms. The highest BCUT2D eigenvalue weighted by Crippen LogP contribution is 2.32. The molecule has 4 heterocycles. The van der Waals surface area contributed by atoms with Gasteiger partial charge in [-0.1, -0.05) is 18.2 Å². The molecule has 2 N–H and O–H groups in total. The summed E-state index contributed by atoms with van der Waals surface area (Å²) in [5.41, 5.74) is 3.09. The number of carbonyl (C=O) groups excluding carboxylic acids is 1. The number of pyridine rings is 1. The van der Waals surface area contributed by atoms with Gasteiger partial charge in [0.05, 0.1) is 23.5 Å². The maximum Gasteiger partial charge on any atom is 0.490 e. The standard InChI is InChI=1S/C22H22F2N6O2.C2HF3O2/c23-19(24)21-28-27-20(32-21)14-5-6-16(26-11-14)13-30-18-4-2-1-3-15(18)12-29(22(30)31)17-7-9-25-10-8-17;3-2(4,5)1(6)7/h1-6,11,17,19,25H,7-10,12-13H2;(H,6,7). The Kier molecular flexibility index (Phi) is 8.38. The van der Waals surface area contributed by atoms with Crippen LogP contribution in [-0.2, 0) is 17.9 Å². The van der Waals surface area contributed by atoms with E-state index in [9.17, 15) is 26.7 Å². The van der Waals surface area contributed by atoms with Gasteiger partial charge in [-0.25, -0.2) is 9.59 Å². The van der Waals surface area contributed by atoms with E-state index in [-0.39, 0.29) is 18.0 Å². The van der Waals surface area contributed by atoms with E-state index in [1.54, 1.807) is 17.0 Å². The van der Waals surface area contributed by atoms with E-state index >= 15 is 0 Å². The van der Waals surface area contributed by atoms with Crippen LogP contribution in [0.4, 0.5) is 32.4 Å². The predicted octanol–water partition coefficient (Wildman–Crippen LogP) is 4.40. The van der Waals surface area contributed by atoms with Crippen molar-refractivity contribution < 1.29 is 41.1 Å². The maximum absolute atomic E-state index is 13.4. The average molecular weight is 554 g/mol. The van der Waals surface area contributed by atoms with Crippen LogP contribution in [0.25, 0.3) is 11.5 Å². The molecule has 208 valence electrons. The third kappa shape index (κ3) is 6.66. The Hall–Kier alpha value is -4.14. The summed E-state index contributed by atoms with van der Waals surface area (Å²) in [6.45, 7) is 2.71. The lowest BCUT2D eigenvalue weighted by molar-refractivity contribution is -0.192. The topological polar surface area (TPSA) is 125 Å². The van der Waals surface area contributed by atoms with Crippen LogP contribution in [0.2, 0.25) is 0 Å². The molecule has 1 fully saturated rings. The molecule has 1 saturated heterocycles. The number of hydrogen-bond acceptors (Lipinski definition) is 7. The number of halogens is 5. The van der Waals surface area contributed by atoms with E-state index < -0.39 is 24.5 Å². The lowest BCUT2D eigenvalue weighted by atomic mass is 10.0. The quantitative estimate of drug-likeness (QED) is 0.445. The van der Waals surface area contributed by atoms with Gasteiger partial charge in [-0.15, -0.1) is 10.2 Å². The number of benzene rings is 1. The minimum Gasteiger partial charge on any atom is -0.475 e. The van der Waals surface area contributed by atoms with E-state index in [1.807, 2.05) is 23.1 Å². The van der Waals surface area contributed by atoms with Crippen LogP contribution in [0.15, 0.2) is 47.0 Å². The number of alkyl halides is 5. The molecule has 0 spiro atoms. The first-order valence-electron chi connectivity index (χ1n) is 11.8. The number of nitrogens with one attached hydrogen (secondary N) is 1. The molecular weight excluding hydrogens is 531 g/mol. The molecule has 0 aliphatic carbocycles. The summed E-state index contributed by atoms with van der Waals surface area (Å²) in [6, 6.07) is 11.5. The lowest BCUT2D eigenvalue weighted by Gasteiger charge is -2.42. The second-order valence-corrected chi connectivity index (χ2v) is 8.69. The van der Waals surface area contributed by atoms with Crippen LogP contribution in [0, 0.1) is 0 Å². The molecule has 0 saturated carbocycles. The minimum absolute atomic E-state index is 0.0178. The molecule has 0 radical (unpaired) electrons. The SMILES string of the molecule is O=C(O)C(F)(F)F.O=C1N(Cc2ccc(-c3nnc(C(F)F)o3)cn2)c2ccccc2CN1C1CCNCC1. The Morgan fingerprint density at radius 2 is 1.82 bits per heavy atom. The van der Waals surface area contributed by atoms with Crippen molar-refractivity contribution in [2.24, 2.45) is 0 Å². The van der Waals surface area contributed by atoms with Gasteiger partial charge in [-0.3, -0.25) is 9.88 Å². The highest BCUT2D eigenvalue weighted by molar-refractivity contribution is 5.95. The Bertz CT molecular complexity index is 1290. The van der Waals surface area contributed by atoms with Crippen LogP contribution < -0.4 is 10.2 Å². The zero-order valence-electron chi connectivity index (χ0n) is 20.2. The lowest BCUT2D eigenvalue weighted by Crippen LogP contribution is -2.53. The second kappa shape index (κ2) is 11.7. The van der Waals surface area contributed by atoms with Gasteiger partial charge in [-0.05, 0) is 49.7 Å². The van der Waals surface area contributed by atoms with Crippen LogP contribution in [0.5, 0.6) is 0 Å². The van der Waals surface area contributed by atoms with Gasteiger partial charge in [0.2, 0.25) is 5.89 Å². The normalized spacial score (nSPS) is 16.1. The number of rotatable bonds is 5. The number of urea groups is 1. The number of fused-ring (bicyclic) bond motifs is 1. The molecule has 0 atom stereocenters. The van der Waals surface area contributed by atoms with E-state index in [2.05, 4.69) is 26.6 Å². The molecule has 3 aromatic rings.